The number of carbonyl (C=O) groups is 3. The maximum atomic E-state index is 11.9. The number of amides is 1. The van der Waals surface area contributed by atoms with Crippen molar-refractivity contribution in [1.29, 1.82) is 0 Å². The fraction of sp³-hybridized carbons (Fsp3) is 0.227. The summed E-state index contributed by atoms with van der Waals surface area (Å²) in [5.41, 5.74) is 1.71. The number of amidine groups is 1. The van der Waals surface area contributed by atoms with Crippen molar-refractivity contribution in [2.45, 2.75) is 18.3 Å². The van der Waals surface area contributed by atoms with Gasteiger partial charge in [0, 0.05) is 5.56 Å². The quantitative estimate of drug-likeness (QED) is 0.323. The van der Waals surface area contributed by atoms with Crippen molar-refractivity contribution >= 4 is 41.0 Å². The number of para-hydroxylation sites is 1. The zero-order valence-corrected chi connectivity index (χ0v) is 18.6. The molecule has 1 amide bonds. The van der Waals surface area contributed by atoms with E-state index in [0.717, 1.165) is 11.8 Å². The van der Waals surface area contributed by atoms with Crippen LogP contribution in [0.25, 0.3) is 0 Å². The van der Waals surface area contributed by atoms with E-state index in [2.05, 4.69) is 15.5 Å². The number of ether oxygens (including phenoxy) is 3. The van der Waals surface area contributed by atoms with Crippen molar-refractivity contribution in [1.82, 2.24) is 5.32 Å². The second kappa shape index (κ2) is 11.1. The molecule has 11 heteroatoms. The topological polar surface area (TPSA) is 136 Å². The van der Waals surface area contributed by atoms with Crippen molar-refractivity contribution in [2.75, 3.05) is 14.2 Å². The number of hydrogen-bond donors (Lipinski definition) is 2. The molecule has 172 valence electrons. The molecule has 0 radical (unpaired) electrons. The second-order valence-corrected chi connectivity index (χ2v) is 7.88. The Morgan fingerprint density at radius 2 is 1.97 bits per heavy atom. The van der Waals surface area contributed by atoms with Crippen molar-refractivity contribution < 1.29 is 33.7 Å². The molecule has 0 spiro atoms. The monoisotopic (exact) mass is 471 g/mol. The predicted octanol–water partition coefficient (Wildman–Crippen LogP) is 2.46. The van der Waals surface area contributed by atoms with Crippen molar-refractivity contribution in [3.8, 4) is 11.5 Å². The summed E-state index contributed by atoms with van der Waals surface area (Å²) >= 11 is 1.02. The largest absolute Gasteiger partial charge is 0.496 e. The van der Waals surface area contributed by atoms with Crippen molar-refractivity contribution in [2.24, 2.45) is 10.2 Å². The van der Waals surface area contributed by atoms with Crippen LogP contribution in [0.3, 0.4) is 0 Å². The minimum absolute atomic E-state index is 0.121. The minimum Gasteiger partial charge on any atom is -0.496 e. The van der Waals surface area contributed by atoms with Crippen LogP contribution < -0.4 is 14.8 Å². The predicted molar refractivity (Wildman–Crippen MR) is 122 cm³/mol. The molecule has 2 aromatic rings. The third-order valence-electron chi connectivity index (χ3n) is 4.47. The van der Waals surface area contributed by atoms with Crippen molar-refractivity contribution in [3.05, 3.63) is 59.2 Å². The first-order valence-electron chi connectivity index (χ1n) is 9.68. The Hall–Kier alpha value is -3.86. The third kappa shape index (κ3) is 6.32. The fourth-order valence-electron chi connectivity index (χ4n) is 2.91. The molecule has 1 saturated heterocycles. The smallest absolute Gasteiger partial charge is 0.341 e. The van der Waals surface area contributed by atoms with E-state index in [0.29, 0.717) is 28.2 Å². The van der Waals surface area contributed by atoms with E-state index in [9.17, 15) is 14.4 Å². The summed E-state index contributed by atoms with van der Waals surface area (Å²) in [4.78, 5) is 34.5. The Balaban J connectivity index is 1.71. The lowest BCUT2D eigenvalue weighted by Crippen LogP contribution is -2.26. The third-order valence-corrected chi connectivity index (χ3v) is 5.54. The van der Waals surface area contributed by atoms with Gasteiger partial charge < -0.3 is 24.6 Å². The number of nitrogens with one attached hydrogen (secondary N) is 1. The second-order valence-electron chi connectivity index (χ2n) is 6.69. The van der Waals surface area contributed by atoms with E-state index in [1.54, 1.807) is 42.5 Å². The molecule has 1 aliphatic heterocycles. The summed E-state index contributed by atoms with van der Waals surface area (Å²) < 4.78 is 16.0. The number of methoxy groups -OCH3 is 2. The average molecular weight is 471 g/mol. The number of benzene rings is 2. The highest BCUT2D eigenvalue weighted by atomic mass is 32.2. The highest BCUT2D eigenvalue weighted by molar-refractivity contribution is 8.15. The maximum Gasteiger partial charge on any atom is 0.341 e. The maximum absolute atomic E-state index is 11.9. The van der Waals surface area contributed by atoms with Crippen LogP contribution >= 0.6 is 11.8 Å². The van der Waals surface area contributed by atoms with Crippen LogP contribution in [0, 0.1) is 0 Å². The van der Waals surface area contributed by atoms with Gasteiger partial charge in [0.15, 0.2) is 5.17 Å². The van der Waals surface area contributed by atoms with E-state index >= 15 is 0 Å². The summed E-state index contributed by atoms with van der Waals surface area (Å²) in [5, 5.41) is 18.8. The average Bonchev–Trinajstić information content (AvgIpc) is 3.15. The highest BCUT2D eigenvalue weighted by Gasteiger charge is 2.32. The molecule has 2 N–H and O–H groups in total. The number of aliphatic carboxylic acids is 1. The minimum atomic E-state index is -1.06. The molecule has 1 atom stereocenters. The SMILES string of the molecule is COC(=O)c1ccccc1OCc1cc(C=NN=C2NC(=O)C(CC(=O)O)S2)ccc1OC. The molecule has 10 nitrogen and oxygen atoms in total. The molecule has 3 rings (SSSR count). The van der Waals surface area contributed by atoms with Gasteiger partial charge in [0.1, 0.15) is 28.9 Å². The normalized spacial score (nSPS) is 16.6. The van der Waals surface area contributed by atoms with E-state index in [4.69, 9.17) is 19.3 Å². The molecule has 0 bridgehead atoms. The first-order chi connectivity index (χ1) is 15.9. The lowest BCUT2D eigenvalue weighted by molar-refractivity contribution is -0.138. The number of esters is 1. The van der Waals surface area contributed by atoms with Gasteiger partial charge in [0.2, 0.25) is 5.91 Å². The van der Waals surface area contributed by atoms with Gasteiger partial charge in [-0.1, -0.05) is 23.9 Å². The van der Waals surface area contributed by atoms with E-state index in [-0.39, 0.29) is 18.2 Å². The number of carbonyl (C=O) groups excluding carboxylic acids is 2. The molecule has 1 fully saturated rings. The molecule has 0 aliphatic carbocycles. The molecule has 0 aromatic heterocycles. The van der Waals surface area contributed by atoms with Crippen LogP contribution in [0.1, 0.15) is 27.9 Å². The zero-order chi connectivity index (χ0) is 23.8. The fourth-order valence-corrected chi connectivity index (χ4v) is 3.83. The van der Waals surface area contributed by atoms with Gasteiger partial charge in [-0.25, -0.2) is 4.79 Å². The number of thioether (sulfide) groups is 1. The molecule has 1 unspecified atom stereocenters. The van der Waals surface area contributed by atoms with Crippen LogP contribution in [0.2, 0.25) is 0 Å². The lowest BCUT2D eigenvalue weighted by Gasteiger charge is -2.13. The molecule has 2 aromatic carbocycles. The van der Waals surface area contributed by atoms with Gasteiger partial charge in [-0.05, 0) is 35.9 Å². The standard InChI is InChI=1S/C22H21N3O7S/c1-30-16-8-7-13(11-23-25-22-24-20(28)18(33-22)10-19(26)27)9-14(16)12-32-17-6-4-3-5-15(17)21(29)31-2/h3-9,11,18H,10,12H2,1-2H3,(H,26,27)(H,24,25,28). The van der Waals surface area contributed by atoms with E-state index in [1.807, 2.05) is 0 Å². The number of rotatable bonds is 9. The summed E-state index contributed by atoms with van der Waals surface area (Å²) in [6.07, 6.45) is 1.19. The van der Waals surface area contributed by atoms with Crippen LogP contribution in [0.4, 0.5) is 0 Å². The summed E-state index contributed by atoms with van der Waals surface area (Å²) in [6.45, 7) is 0.121. The Labute approximate surface area is 193 Å². The number of carboxylic acids is 1. The molecule has 1 aliphatic rings. The molecular weight excluding hydrogens is 450 g/mol. The van der Waals surface area contributed by atoms with Crippen LogP contribution in [0.5, 0.6) is 11.5 Å². The van der Waals surface area contributed by atoms with Gasteiger partial charge in [-0.2, -0.15) is 5.10 Å². The van der Waals surface area contributed by atoms with Crippen LogP contribution in [-0.2, 0) is 20.9 Å². The van der Waals surface area contributed by atoms with Gasteiger partial charge in [0.25, 0.3) is 0 Å². The molecular formula is C22H21N3O7S. The van der Waals surface area contributed by atoms with Crippen LogP contribution in [0.15, 0.2) is 52.7 Å². The zero-order valence-electron chi connectivity index (χ0n) is 17.8. The molecule has 33 heavy (non-hydrogen) atoms. The van der Waals surface area contributed by atoms with Gasteiger partial charge in [0.05, 0.1) is 26.9 Å². The first-order valence-corrected chi connectivity index (χ1v) is 10.6. The Morgan fingerprint density at radius 1 is 1.18 bits per heavy atom. The summed E-state index contributed by atoms with van der Waals surface area (Å²) in [6, 6.07) is 12.1. The first kappa shape index (κ1) is 23.8. The van der Waals surface area contributed by atoms with Gasteiger partial charge in [-0.15, -0.1) is 5.10 Å². The Kier molecular flexibility index (Phi) is 8.03. The Morgan fingerprint density at radius 3 is 2.70 bits per heavy atom. The number of hydrogen-bond acceptors (Lipinski definition) is 9. The summed E-state index contributed by atoms with van der Waals surface area (Å²) in [5.74, 6) is -1.01. The molecule has 0 saturated carbocycles. The number of nitrogens with zero attached hydrogens (tertiary/aromatic N) is 2. The molecule has 1 heterocycles. The summed E-state index contributed by atoms with van der Waals surface area (Å²) in [7, 11) is 2.84. The van der Waals surface area contributed by atoms with Crippen molar-refractivity contribution in [3.63, 3.8) is 0 Å². The van der Waals surface area contributed by atoms with E-state index in [1.165, 1.54) is 20.4 Å². The van der Waals surface area contributed by atoms with Gasteiger partial charge in [-0.3, -0.25) is 9.59 Å². The van der Waals surface area contributed by atoms with Crippen LogP contribution in [-0.4, -0.2) is 53.8 Å². The Bertz CT molecular complexity index is 1120. The number of carboxylic acid groups (broad SMARTS) is 1. The highest BCUT2D eigenvalue weighted by Crippen LogP contribution is 2.25. The van der Waals surface area contributed by atoms with E-state index < -0.39 is 23.1 Å². The lowest BCUT2D eigenvalue weighted by atomic mass is 10.1. The van der Waals surface area contributed by atoms with Gasteiger partial charge >= 0.3 is 11.9 Å².